The number of nitrogens with zero attached hydrogens (tertiary/aromatic N) is 1. The minimum Gasteiger partial charge on any atom is -0.469 e. The van der Waals surface area contributed by atoms with Gasteiger partial charge in [-0.2, -0.15) is 0 Å². The van der Waals surface area contributed by atoms with Crippen molar-refractivity contribution in [2.24, 2.45) is 5.92 Å². The van der Waals surface area contributed by atoms with Crippen molar-refractivity contribution in [1.29, 1.82) is 0 Å². The van der Waals surface area contributed by atoms with E-state index in [9.17, 15) is 9.59 Å². The number of hydrogen-bond donors (Lipinski definition) is 0. The monoisotopic (exact) mass is 289 g/mol. The van der Waals surface area contributed by atoms with Crippen LogP contribution in [-0.2, 0) is 19.1 Å². The second-order valence-electron chi connectivity index (χ2n) is 5.67. The molecular weight excluding hydrogens is 270 g/mol. The van der Waals surface area contributed by atoms with Gasteiger partial charge >= 0.3 is 5.97 Å². The number of hydrogen-bond acceptors (Lipinski definition) is 4. The molecule has 0 unspecified atom stereocenters. The van der Waals surface area contributed by atoms with E-state index in [0.29, 0.717) is 19.4 Å². The fraction of sp³-hybridized carbons (Fsp3) is 0.500. The molecule has 2 saturated heterocycles. The lowest BCUT2D eigenvalue weighted by Gasteiger charge is -2.44. The van der Waals surface area contributed by atoms with E-state index in [0.717, 1.165) is 5.56 Å². The molecule has 2 aliphatic rings. The Morgan fingerprint density at radius 3 is 2.76 bits per heavy atom. The summed E-state index contributed by atoms with van der Waals surface area (Å²) in [6.07, 6.45) is 0.821. The predicted molar refractivity (Wildman–Crippen MR) is 75.1 cm³/mol. The summed E-state index contributed by atoms with van der Waals surface area (Å²) in [4.78, 5) is 26.2. The van der Waals surface area contributed by atoms with E-state index in [1.807, 2.05) is 37.3 Å². The van der Waals surface area contributed by atoms with Crippen LogP contribution in [0, 0.1) is 5.92 Å². The molecule has 0 N–H and O–H groups in total. The van der Waals surface area contributed by atoms with Crippen LogP contribution in [0.25, 0.3) is 0 Å². The quantitative estimate of drug-likeness (QED) is 0.780. The van der Waals surface area contributed by atoms with Crippen LogP contribution in [0.1, 0.15) is 31.4 Å². The Morgan fingerprint density at radius 2 is 2.10 bits per heavy atom. The molecule has 0 saturated carbocycles. The number of rotatable bonds is 2. The highest BCUT2D eigenvalue weighted by Crippen LogP contribution is 2.46. The second-order valence-corrected chi connectivity index (χ2v) is 5.67. The predicted octanol–water partition coefficient (Wildman–Crippen LogP) is 1.89. The fourth-order valence-corrected chi connectivity index (χ4v) is 3.45. The smallest absolute Gasteiger partial charge is 0.313 e. The largest absolute Gasteiger partial charge is 0.469 e. The molecule has 5 nitrogen and oxygen atoms in total. The average molecular weight is 289 g/mol. The minimum atomic E-state index is -0.914. The van der Waals surface area contributed by atoms with Crippen LogP contribution in [0.3, 0.4) is 0 Å². The van der Waals surface area contributed by atoms with Crippen LogP contribution in [-0.4, -0.2) is 36.2 Å². The van der Waals surface area contributed by atoms with Gasteiger partial charge in [-0.25, -0.2) is 0 Å². The first kappa shape index (κ1) is 14.1. The number of carbonyl (C=O) groups excluding carboxylic acids is 2. The van der Waals surface area contributed by atoms with E-state index in [1.165, 1.54) is 7.11 Å². The Kier molecular flexibility index (Phi) is 3.45. The molecule has 2 heterocycles. The number of ether oxygens (including phenoxy) is 2. The van der Waals surface area contributed by atoms with Crippen LogP contribution in [0.15, 0.2) is 30.3 Å². The van der Waals surface area contributed by atoms with Crippen molar-refractivity contribution in [3.8, 4) is 0 Å². The third kappa shape index (κ3) is 2.12. The van der Waals surface area contributed by atoms with E-state index < -0.39 is 11.6 Å². The molecule has 0 aliphatic carbocycles. The van der Waals surface area contributed by atoms with Gasteiger partial charge in [0.15, 0.2) is 5.72 Å². The number of piperidine rings is 1. The van der Waals surface area contributed by atoms with Crippen LogP contribution in [0.4, 0.5) is 0 Å². The number of methoxy groups -OCH3 is 1. The van der Waals surface area contributed by atoms with Crippen molar-refractivity contribution in [2.45, 2.75) is 31.5 Å². The lowest BCUT2D eigenvalue weighted by Crippen LogP contribution is -2.57. The van der Waals surface area contributed by atoms with Crippen molar-refractivity contribution < 1.29 is 19.1 Å². The summed E-state index contributed by atoms with van der Waals surface area (Å²) in [6.45, 7) is 2.22. The van der Waals surface area contributed by atoms with Crippen LogP contribution < -0.4 is 0 Å². The SMILES string of the molecule is COC(=O)[C@@H]1CCC(=O)N2[C@@H](c3ccccc3)CO[C@]12C. The zero-order valence-electron chi connectivity index (χ0n) is 12.2. The molecule has 1 aromatic rings. The molecular formula is C16H19NO4. The van der Waals surface area contributed by atoms with Gasteiger partial charge < -0.3 is 14.4 Å². The molecule has 2 aliphatic heterocycles. The van der Waals surface area contributed by atoms with Crippen molar-refractivity contribution in [1.82, 2.24) is 4.90 Å². The number of amides is 1. The van der Waals surface area contributed by atoms with E-state index >= 15 is 0 Å². The maximum Gasteiger partial charge on any atom is 0.313 e. The number of benzene rings is 1. The third-order valence-electron chi connectivity index (χ3n) is 4.56. The normalized spacial score (nSPS) is 31.9. The number of carbonyl (C=O) groups is 2. The van der Waals surface area contributed by atoms with Gasteiger partial charge in [0.2, 0.25) is 5.91 Å². The zero-order valence-corrected chi connectivity index (χ0v) is 12.2. The standard InChI is InChI=1S/C16H19NO4/c1-16-12(15(19)20-2)8-9-14(18)17(16)13(10-21-16)11-6-4-3-5-7-11/h3-7,12-13H,8-10H2,1-2H3/t12-,13+,16+/m0/s1. The minimum absolute atomic E-state index is 0.0315. The molecule has 0 radical (unpaired) electrons. The topological polar surface area (TPSA) is 55.8 Å². The maximum atomic E-state index is 12.4. The summed E-state index contributed by atoms with van der Waals surface area (Å²) in [7, 11) is 1.37. The Hall–Kier alpha value is -1.88. The maximum absolute atomic E-state index is 12.4. The first-order valence-corrected chi connectivity index (χ1v) is 7.17. The summed E-state index contributed by atoms with van der Waals surface area (Å²) in [5.41, 5.74) is 0.114. The van der Waals surface area contributed by atoms with E-state index in [2.05, 4.69) is 0 Å². The molecule has 21 heavy (non-hydrogen) atoms. The molecule has 0 bridgehead atoms. The Balaban J connectivity index is 1.97. The van der Waals surface area contributed by atoms with Gasteiger partial charge in [-0.1, -0.05) is 30.3 Å². The Bertz CT molecular complexity index is 559. The molecule has 1 amide bonds. The van der Waals surface area contributed by atoms with Crippen LogP contribution >= 0.6 is 0 Å². The molecule has 5 heteroatoms. The van der Waals surface area contributed by atoms with Crippen molar-refractivity contribution in [3.63, 3.8) is 0 Å². The van der Waals surface area contributed by atoms with Gasteiger partial charge in [0, 0.05) is 6.42 Å². The van der Waals surface area contributed by atoms with Gasteiger partial charge in [0.1, 0.15) is 5.92 Å². The van der Waals surface area contributed by atoms with Gasteiger partial charge in [-0.05, 0) is 18.9 Å². The second kappa shape index (κ2) is 5.15. The number of fused-ring (bicyclic) bond motifs is 1. The van der Waals surface area contributed by atoms with Gasteiger partial charge in [-0.15, -0.1) is 0 Å². The molecule has 0 aromatic heterocycles. The summed E-state index contributed by atoms with van der Waals surface area (Å²) in [5.74, 6) is -0.721. The van der Waals surface area contributed by atoms with E-state index in [-0.39, 0.29) is 17.9 Å². The summed E-state index contributed by atoms with van der Waals surface area (Å²) >= 11 is 0. The van der Waals surface area contributed by atoms with Crippen molar-refractivity contribution in [3.05, 3.63) is 35.9 Å². The fourth-order valence-electron chi connectivity index (χ4n) is 3.45. The summed E-state index contributed by atoms with van der Waals surface area (Å²) in [5, 5.41) is 0. The highest BCUT2D eigenvalue weighted by molar-refractivity contribution is 5.83. The summed E-state index contributed by atoms with van der Waals surface area (Å²) in [6, 6.07) is 9.64. The van der Waals surface area contributed by atoms with Crippen molar-refractivity contribution >= 4 is 11.9 Å². The average Bonchev–Trinajstić information content (AvgIpc) is 2.87. The lowest BCUT2D eigenvalue weighted by molar-refractivity contribution is -0.184. The number of esters is 1. The van der Waals surface area contributed by atoms with Gasteiger partial charge in [0.05, 0.1) is 19.8 Å². The molecule has 0 spiro atoms. The molecule has 2 fully saturated rings. The molecule has 3 rings (SSSR count). The van der Waals surface area contributed by atoms with Gasteiger partial charge in [-0.3, -0.25) is 9.59 Å². The third-order valence-corrected chi connectivity index (χ3v) is 4.56. The Morgan fingerprint density at radius 1 is 1.38 bits per heavy atom. The summed E-state index contributed by atoms with van der Waals surface area (Å²) < 4.78 is 10.8. The molecule has 1 aromatic carbocycles. The van der Waals surface area contributed by atoms with Crippen molar-refractivity contribution in [2.75, 3.05) is 13.7 Å². The van der Waals surface area contributed by atoms with E-state index in [4.69, 9.17) is 9.47 Å². The molecule has 3 atom stereocenters. The van der Waals surface area contributed by atoms with Crippen LogP contribution in [0.5, 0.6) is 0 Å². The zero-order chi connectivity index (χ0) is 15.0. The van der Waals surface area contributed by atoms with Crippen LogP contribution in [0.2, 0.25) is 0 Å². The highest BCUT2D eigenvalue weighted by atomic mass is 16.5. The highest BCUT2D eigenvalue weighted by Gasteiger charge is 2.57. The lowest BCUT2D eigenvalue weighted by atomic mass is 9.85. The van der Waals surface area contributed by atoms with Gasteiger partial charge in [0.25, 0.3) is 0 Å². The van der Waals surface area contributed by atoms with E-state index in [1.54, 1.807) is 4.90 Å². The molecule has 112 valence electrons. The first-order valence-electron chi connectivity index (χ1n) is 7.17. The Labute approximate surface area is 123 Å². The first-order chi connectivity index (χ1) is 10.1.